The first-order chi connectivity index (χ1) is 10.1. The topological polar surface area (TPSA) is 52.3 Å². The maximum Gasteiger partial charge on any atom is 0.0946 e. The third-order valence-corrected chi connectivity index (χ3v) is 5.28. The van der Waals surface area contributed by atoms with Gasteiger partial charge < -0.3 is 10.5 Å². The summed E-state index contributed by atoms with van der Waals surface area (Å²) in [5.74, 6) is 0.486. The molecule has 21 heavy (non-hydrogen) atoms. The zero-order chi connectivity index (χ0) is 14.8. The molecule has 0 fully saturated rings. The summed E-state index contributed by atoms with van der Waals surface area (Å²) in [6.07, 6.45) is 0.842. The van der Waals surface area contributed by atoms with E-state index in [2.05, 4.69) is 12.1 Å². The van der Waals surface area contributed by atoms with Gasteiger partial charge in [0.15, 0.2) is 0 Å². The van der Waals surface area contributed by atoms with Crippen LogP contribution in [-0.4, -0.2) is 16.6 Å². The second-order valence-corrected chi connectivity index (χ2v) is 6.83. The maximum absolute atomic E-state index is 12.6. The summed E-state index contributed by atoms with van der Waals surface area (Å²) < 4.78 is 18.4. The van der Waals surface area contributed by atoms with Crippen LogP contribution in [0.4, 0.5) is 5.69 Å². The minimum absolute atomic E-state index is 0.0892. The van der Waals surface area contributed by atoms with Gasteiger partial charge in [0, 0.05) is 10.6 Å². The van der Waals surface area contributed by atoms with Gasteiger partial charge in [-0.1, -0.05) is 24.3 Å². The molecule has 0 amide bonds. The summed E-state index contributed by atoms with van der Waals surface area (Å²) >= 11 is 0. The van der Waals surface area contributed by atoms with E-state index in [1.165, 1.54) is 11.1 Å². The smallest absolute Gasteiger partial charge is 0.0946 e. The fraction of sp³-hybridized carbons (Fsp3) is 0.294. The van der Waals surface area contributed by atoms with Crippen molar-refractivity contribution in [1.82, 2.24) is 0 Å². The molecule has 3 rings (SSSR count). The highest BCUT2D eigenvalue weighted by Crippen LogP contribution is 2.29. The number of anilines is 1. The van der Waals surface area contributed by atoms with E-state index in [1.807, 2.05) is 37.3 Å². The molecule has 0 saturated carbocycles. The lowest BCUT2D eigenvalue weighted by Crippen LogP contribution is -2.21. The Labute approximate surface area is 127 Å². The van der Waals surface area contributed by atoms with Crippen molar-refractivity contribution < 1.29 is 8.95 Å². The van der Waals surface area contributed by atoms with E-state index < -0.39 is 10.8 Å². The third kappa shape index (κ3) is 3.01. The fourth-order valence-electron chi connectivity index (χ4n) is 2.64. The van der Waals surface area contributed by atoms with Crippen molar-refractivity contribution in [1.29, 1.82) is 0 Å². The van der Waals surface area contributed by atoms with Crippen LogP contribution < -0.4 is 5.73 Å². The molecule has 2 aromatic carbocycles. The monoisotopic (exact) mass is 301 g/mol. The molecule has 2 unspecified atom stereocenters. The van der Waals surface area contributed by atoms with E-state index in [9.17, 15) is 4.21 Å². The first-order valence-electron chi connectivity index (χ1n) is 7.09. The van der Waals surface area contributed by atoms with Crippen LogP contribution in [0.15, 0.2) is 47.4 Å². The lowest BCUT2D eigenvalue weighted by molar-refractivity contribution is 0.0582. The van der Waals surface area contributed by atoms with Crippen molar-refractivity contribution in [2.24, 2.45) is 0 Å². The van der Waals surface area contributed by atoms with Crippen molar-refractivity contribution in [3.63, 3.8) is 0 Å². The van der Waals surface area contributed by atoms with Crippen LogP contribution in [0.2, 0.25) is 0 Å². The summed E-state index contributed by atoms with van der Waals surface area (Å²) in [5, 5.41) is 0. The minimum Gasteiger partial charge on any atom is -0.399 e. The highest BCUT2D eigenvalue weighted by Gasteiger charge is 2.23. The number of nitrogens with two attached hydrogens (primary N) is 1. The Bertz CT molecular complexity index is 684. The standard InChI is InChI=1S/C17H19NO2S/c1-12-10-14(6-7-16(12)18)21(19)11-17-15-5-3-2-4-13(15)8-9-20-17/h2-7,10,17H,8-9,11,18H2,1H3. The average molecular weight is 301 g/mol. The van der Waals surface area contributed by atoms with Crippen LogP contribution in [0.3, 0.4) is 0 Å². The molecule has 0 bridgehead atoms. The van der Waals surface area contributed by atoms with Gasteiger partial charge >= 0.3 is 0 Å². The SMILES string of the molecule is Cc1cc(S(=O)CC2OCCc3ccccc32)ccc1N. The van der Waals surface area contributed by atoms with Crippen LogP contribution in [-0.2, 0) is 22.0 Å². The number of aryl methyl sites for hydroxylation is 1. The van der Waals surface area contributed by atoms with Gasteiger partial charge in [-0.15, -0.1) is 0 Å². The summed E-state index contributed by atoms with van der Waals surface area (Å²) in [6, 6.07) is 13.8. The van der Waals surface area contributed by atoms with Gasteiger partial charge in [0.1, 0.15) is 0 Å². The molecular formula is C17H19NO2S. The van der Waals surface area contributed by atoms with Crippen LogP contribution in [0.25, 0.3) is 0 Å². The van der Waals surface area contributed by atoms with E-state index in [1.54, 1.807) is 0 Å². The molecule has 0 aliphatic carbocycles. The molecule has 0 radical (unpaired) electrons. The Kier molecular flexibility index (Phi) is 4.08. The Morgan fingerprint density at radius 3 is 2.90 bits per heavy atom. The third-order valence-electron chi connectivity index (χ3n) is 3.90. The summed E-state index contributed by atoms with van der Waals surface area (Å²) in [5.41, 5.74) is 9.98. The Balaban J connectivity index is 1.81. The van der Waals surface area contributed by atoms with Crippen molar-refractivity contribution in [3.05, 3.63) is 59.2 Å². The predicted molar refractivity (Wildman–Crippen MR) is 85.7 cm³/mol. The van der Waals surface area contributed by atoms with Gasteiger partial charge in [-0.05, 0) is 48.2 Å². The first-order valence-corrected chi connectivity index (χ1v) is 8.41. The maximum atomic E-state index is 12.6. The molecule has 0 spiro atoms. The zero-order valence-corrected chi connectivity index (χ0v) is 12.9. The Hall–Kier alpha value is -1.65. The highest BCUT2D eigenvalue weighted by molar-refractivity contribution is 7.85. The van der Waals surface area contributed by atoms with Gasteiger partial charge in [-0.3, -0.25) is 4.21 Å². The predicted octanol–water partition coefficient (Wildman–Crippen LogP) is 3.00. The van der Waals surface area contributed by atoms with Crippen LogP contribution in [0.1, 0.15) is 22.8 Å². The lowest BCUT2D eigenvalue weighted by atomic mass is 9.99. The first kappa shape index (κ1) is 14.3. The molecule has 4 heteroatoms. The summed E-state index contributed by atoms with van der Waals surface area (Å²) in [6.45, 7) is 2.63. The normalized spacial score (nSPS) is 19.0. The van der Waals surface area contributed by atoms with E-state index in [0.717, 1.165) is 22.6 Å². The van der Waals surface area contributed by atoms with Crippen molar-refractivity contribution in [2.45, 2.75) is 24.3 Å². The number of hydrogen-bond donors (Lipinski definition) is 1. The van der Waals surface area contributed by atoms with Crippen molar-refractivity contribution in [3.8, 4) is 0 Å². The van der Waals surface area contributed by atoms with Crippen LogP contribution in [0.5, 0.6) is 0 Å². The van der Waals surface area contributed by atoms with E-state index >= 15 is 0 Å². The minimum atomic E-state index is -1.09. The molecule has 2 N–H and O–H groups in total. The van der Waals surface area contributed by atoms with Gasteiger partial charge in [0.25, 0.3) is 0 Å². The number of ether oxygens (including phenoxy) is 1. The average Bonchev–Trinajstić information content (AvgIpc) is 2.50. The molecule has 1 aliphatic rings. The number of nitrogen functional groups attached to an aromatic ring is 1. The van der Waals surface area contributed by atoms with Crippen molar-refractivity contribution >= 4 is 16.5 Å². The highest BCUT2D eigenvalue weighted by atomic mass is 32.2. The number of benzene rings is 2. The second kappa shape index (κ2) is 6.00. The van der Waals surface area contributed by atoms with E-state index in [0.29, 0.717) is 12.4 Å². The molecule has 0 aromatic heterocycles. The molecule has 2 atom stereocenters. The fourth-order valence-corrected chi connectivity index (χ4v) is 3.91. The molecular weight excluding hydrogens is 282 g/mol. The quantitative estimate of drug-likeness (QED) is 0.887. The van der Waals surface area contributed by atoms with Gasteiger partial charge in [-0.25, -0.2) is 0 Å². The summed E-state index contributed by atoms with van der Waals surface area (Å²) in [4.78, 5) is 0.813. The molecule has 3 nitrogen and oxygen atoms in total. The molecule has 110 valence electrons. The molecule has 1 heterocycles. The Morgan fingerprint density at radius 2 is 2.10 bits per heavy atom. The zero-order valence-electron chi connectivity index (χ0n) is 12.0. The van der Waals surface area contributed by atoms with Crippen LogP contribution >= 0.6 is 0 Å². The number of rotatable bonds is 3. The van der Waals surface area contributed by atoms with E-state index in [4.69, 9.17) is 10.5 Å². The summed E-state index contributed by atoms with van der Waals surface area (Å²) in [7, 11) is -1.09. The lowest BCUT2D eigenvalue weighted by Gasteiger charge is -2.25. The number of hydrogen-bond acceptors (Lipinski definition) is 3. The number of fused-ring (bicyclic) bond motifs is 1. The second-order valence-electron chi connectivity index (χ2n) is 5.34. The molecule has 1 aliphatic heterocycles. The molecule has 0 saturated heterocycles. The van der Waals surface area contributed by atoms with Gasteiger partial charge in [-0.2, -0.15) is 0 Å². The van der Waals surface area contributed by atoms with E-state index in [-0.39, 0.29) is 6.10 Å². The van der Waals surface area contributed by atoms with Gasteiger partial charge in [0.05, 0.1) is 29.3 Å². The van der Waals surface area contributed by atoms with Crippen molar-refractivity contribution in [2.75, 3.05) is 18.1 Å². The largest absolute Gasteiger partial charge is 0.399 e. The van der Waals surface area contributed by atoms with Gasteiger partial charge in [0.2, 0.25) is 0 Å². The van der Waals surface area contributed by atoms with Crippen LogP contribution in [0, 0.1) is 6.92 Å². The molecule has 2 aromatic rings. The Morgan fingerprint density at radius 1 is 1.29 bits per heavy atom.